The Morgan fingerprint density at radius 2 is 2.00 bits per heavy atom. The van der Waals surface area contributed by atoms with Crippen molar-refractivity contribution in [1.82, 2.24) is 19.8 Å². The maximum atomic E-state index is 12.9. The molecular formula is C22H26N4O. The SMILES string of the molecule is CC(C)NC(=O)C1CN(Cc2cccc3ccccc23)Cc2ncn(C)c21. The van der Waals surface area contributed by atoms with Crippen molar-refractivity contribution in [2.75, 3.05) is 6.54 Å². The van der Waals surface area contributed by atoms with Gasteiger partial charge in [-0.25, -0.2) is 4.98 Å². The molecule has 1 unspecified atom stereocenters. The number of nitrogens with zero attached hydrogens (tertiary/aromatic N) is 3. The number of carbonyl (C=O) groups is 1. The third kappa shape index (κ3) is 3.47. The van der Waals surface area contributed by atoms with Crippen molar-refractivity contribution in [3.05, 3.63) is 65.7 Å². The second kappa shape index (κ2) is 7.16. The van der Waals surface area contributed by atoms with Crippen LogP contribution in [0.2, 0.25) is 0 Å². The first-order chi connectivity index (χ1) is 13.0. The van der Waals surface area contributed by atoms with E-state index >= 15 is 0 Å². The first-order valence-electron chi connectivity index (χ1n) is 9.52. The summed E-state index contributed by atoms with van der Waals surface area (Å²) in [5.74, 6) is -0.115. The Morgan fingerprint density at radius 3 is 2.81 bits per heavy atom. The van der Waals surface area contributed by atoms with Crippen LogP contribution in [0.25, 0.3) is 10.8 Å². The van der Waals surface area contributed by atoms with Crippen LogP contribution >= 0.6 is 0 Å². The lowest BCUT2D eigenvalue weighted by atomic mass is 9.95. The number of aryl methyl sites for hydroxylation is 1. The Morgan fingerprint density at radius 1 is 1.22 bits per heavy atom. The Balaban J connectivity index is 1.64. The van der Waals surface area contributed by atoms with Crippen molar-refractivity contribution in [2.45, 2.75) is 38.9 Å². The van der Waals surface area contributed by atoms with Gasteiger partial charge in [0.2, 0.25) is 5.91 Å². The Kier molecular flexibility index (Phi) is 4.70. The van der Waals surface area contributed by atoms with Crippen molar-refractivity contribution in [1.29, 1.82) is 0 Å². The van der Waals surface area contributed by atoms with Crippen LogP contribution in [-0.2, 0) is 24.9 Å². The molecule has 0 saturated carbocycles. The summed E-state index contributed by atoms with van der Waals surface area (Å²) in [6.45, 7) is 6.28. The molecule has 1 amide bonds. The number of rotatable bonds is 4. The second-order valence-electron chi connectivity index (χ2n) is 7.71. The fourth-order valence-corrected chi connectivity index (χ4v) is 4.06. The molecule has 27 heavy (non-hydrogen) atoms. The van der Waals surface area contributed by atoms with Crippen LogP contribution in [0, 0.1) is 0 Å². The molecule has 1 aliphatic heterocycles. The van der Waals surface area contributed by atoms with Crippen LogP contribution in [-0.4, -0.2) is 32.9 Å². The highest BCUT2D eigenvalue weighted by Gasteiger charge is 2.34. The van der Waals surface area contributed by atoms with E-state index in [9.17, 15) is 4.79 Å². The molecule has 5 heteroatoms. The van der Waals surface area contributed by atoms with Crippen LogP contribution in [0.3, 0.4) is 0 Å². The lowest BCUT2D eigenvalue weighted by Gasteiger charge is -2.32. The Hall–Kier alpha value is -2.66. The number of benzene rings is 2. The first-order valence-corrected chi connectivity index (χ1v) is 9.52. The predicted octanol–water partition coefficient (Wildman–Crippen LogP) is 3.20. The summed E-state index contributed by atoms with van der Waals surface area (Å²) in [6, 6.07) is 15.0. The third-order valence-electron chi connectivity index (χ3n) is 5.23. The summed E-state index contributed by atoms with van der Waals surface area (Å²) < 4.78 is 2.00. The molecule has 0 radical (unpaired) electrons. The van der Waals surface area contributed by atoms with Gasteiger partial charge in [-0.05, 0) is 30.2 Å². The van der Waals surface area contributed by atoms with E-state index in [0.717, 1.165) is 24.5 Å². The predicted molar refractivity (Wildman–Crippen MR) is 107 cm³/mol. The lowest BCUT2D eigenvalue weighted by molar-refractivity contribution is -0.124. The zero-order chi connectivity index (χ0) is 19.0. The van der Waals surface area contributed by atoms with Crippen molar-refractivity contribution in [3.63, 3.8) is 0 Å². The monoisotopic (exact) mass is 362 g/mol. The smallest absolute Gasteiger partial charge is 0.230 e. The summed E-state index contributed by atoms with van der Waals surface area (Å²) in [4.78, 5) is 19.8. The maximum Gasteiger partial charge on any atom is 0.230 e. The molecule has 5 nitrogen and oxygen atoms in total. The standard InChI is InChI=1S/C22H26N4O/c1-15(2)24-22(27)19-12-26(13-20-21(19)25(3)14-23-20)11-17-9-6-8-16-7-4-5-10-18(16)17/h4-10,14-15,19H,11-13H2,1-3H3,(H,24,27). The average Bonchev–Trinajstić information content (AvgIpc) is 3.02. The number of hydrogen-bond acceptors (Lipinski definition) is 3. The normalized spacial score (nSPS) is 17.3. The van der Waals surface area contributed by atoms with E-state index in [1.165, 1.54) is 16.3 Å². The van der Waals surface area contributed by atoms with Crippen molar-refractivity contribution >= 4 is 16.7 Å². The molecule has 0 saturated heterocycles. The quantitative estimate of drug-likeness (QED) is 0.775. The van der Waals surface area contributed by atoms with Crippen molar-refractivity contribution in [2.24, 2.45) is 7.05 Å². The number of nitrogens with one attached hydrogen (secondary N) is 1. The van der Waals surface area contributed by atoms with Gasteiger partial charge in [0.05, 0.1) is 23.6 Å². The van der Waals surface area contributed by atoms with Gasteiger partial charge < -0.3 is 9.88 Å². The molecule has 1 aromatic heterocycles. The molecule has 1 N–H and O–H groups in total. The zero-order valence-electron chi connectivity index (χ0n) is 16.1. The summed E-state index contributed by atoms with van der Waals surface area (Å²) in [7, 11) is 1.97. The summed E-state index contributed by atoms with van der Waals surface area (Å²) in [6.07, 6.45) is 1.82. The maximum absolute atomic E-state index is 12.9. The Bertz CT molecular complexity index is 970. The molecule has 0 aliphatic carbocycles. The highest BCUT2D eigenvalue weighted by molar-refractivity contribution is 5.86. The molecule has 0 fully saturated rings. The van der Waals surface area contributed by atoms with E-state index in [-0.39, 0.29) is 17.9 Å². The van der Waals surface area contributed by atoms with Gasteiger partial charge in [-0.2, -0.15) is 0 Å². The molecule has 140 valence electrons. The van der Waals surface area contributed by atoms with Gasteiger partial charge in [0.1, 0.15) is 0 Å². The number of aromatic nitrogens is 2. The van der Waals surface area contributed by atoms with Crippen LogP contribution in [0.15, 0.2) is 48.8 Å². The minimum Gasteiger partial charge on any atom is -0.353 e. The van der Waals surface area contributed by atoms with Crippen LogP contribution < -0.4 is 5.32 Å². The number of carbonyl (C=O) groups excluding carboxylic acids is 1. The van der Waals surface area contributed by atoms with E-state index < -0.39 is 0 Å². The van der Waals surface area contributed by atoms with Gasteiger partial charge in [0.25, 0.3) is 0 Å². The second-order valence-corrected chi connectivity index (χ2v) is 7.71. The van der Waals surface area contributed by atoms with E-state index in [1.807, 2.05) is 31.8 Å². The van der Waals surface area contributed by atoms with Gasteiger partial charge in [-0.1, -0.05) is 42.5 Å². The Labute approximate surface area is 160 Å². The molecule has 0 spiro atoms. The van der Waals surface area contributed by atoms with E-state index in [4.69, 9.17) is 0 Å². The minimum absolute atomic E-state index is 0.0810. The molecule has 2 heterocycles. The number of imidazole rings is 1. The van der Waals surface area contributed by atoms with E-state index in [0.29, 0.717) is 6.54 Å². The van der Waals surface area contributed by atoms with Crippen LogP contribution in [0.4, 0.5) is 0 Å². The molecule has 0 bridgehead atoms. The van der Waals surface area contributed by atoms with Gasteiger partial charge in [-0.15, -0.1) is 0 Å². The fraction of sp³-hybridized carbons (Fsp3) is 0.364. The third-order valence-corrected chi connectivity index (χ3v) is 5.23. The van der Waals surface area contributed by atoms with Gasteiger partial charge >= 0.3 is 0 Å². The van der Waals surface area contributed by atoms with Gasteiger partial charge in [-0.3, -0.25) is 9.69 Å². The zero-order valence-corrected chi connectivity index (χ0v) is 16.1. The largest absolute Gasteiger partial charge is 0.353 e. The van der Waals surface area contributed by atoms with Crippen molar-refractivity contribution in [3.8, 4) is 0 Å². The molecule has 4 rings (SSSR count). The van der Waals surface area contributed by atoms with Gasteiger partial charge in [0.15, 0.2) is 0 Å². The van der Waals surface area contributed by atoms with E-state index in [2.05, 4.69) is 57.7 Å². The van der Waals surface area contributed by atoms with Crippen LogP contribution in [0.1, 0.15) is 36.7 Å². The first kappa shape index (κ1) is 17.7. The summed E-state index contributed by atoms with van der Waals surface area (Å²) in [5, 5.41) is 5.60. The summed E-state index contributed by atoms with van der Waals surface area (Å²) >= 11 is 0. The van der Waals surface area contributed by atoms with E-state index in [1.54, 1.807) is 0 Å². The topological polar surface area (TPSA) is 50.2 Å². The number of amides is 1. The fourth-order valence-electron chi connectivity index (χ4n) is 4.06. The van der Waals surface area contributed by atoms with Crippen LogP contribution in [0.5, 0.6) is 0 Å². The molecule has 1 aliphatic rings. The number of hydrogen-bond donors (Lipinski definition) is 1. The highest BCUT2D eigenvalue weighted by Crippen LogP contribution is 2.30. The molecule has 2 aromatic carbocycles. The molecular weight excluding hydrogens is 336 g/mol. The number of fused-ring (bicyclic) bond motifs is 2. The molecule has 1 atom stereocenters. The minimum atomic E-state index is -0.196. The van der Waals surface area contributed by atoms with Gasteiger partial charge in [0, 0.05) is 32.7 Å². The lowest BCUT2D eigenvalue weighted by Crippen LogP contribution is -2.43. The highest BCUT2D eigenvalue weighted by atomic mass is 16.2. The average molecular weight is 362 g/mol. The molecule has 3 aromatic rings. The van der Waals surface area contributed by atoms with Crippen molar-refractivity contribution < 1.29 is 4.79 Å². The summed E-state index contributed by atoms with van der Waals surface area (Å²) in [5.41, 5.74) is 3.34.